The van der Waals surface area contributed by atoms with E-state index in [-0.39, 0.29) is 24.9 Å². The second-order valence-electron chi connectivity index (χ2n) is 7.50. The first-order valence-electron chi connectivity index (χ1n) is 9.99. The van der Waals surface area contributed by atoms with Crippen molar-refractivity contribution in [3.8, 4) is 5.75 Å². The van der Waals surface area contributed by atoms with Gasteiger partial charge in [0.1, 0.15) is 11.4 Å². The minimum atomic E-state index is -1.05. The van der Waals surface area contributed by atoms with E-state index in [1.165, 1.54) is 0 Å². The number of nitrogens with zero attached hydrogens (tertiary/aromatic N) is 4. The van der Waals surface area contributed by atoms with Gasteiger partial charge in [0.15, 0.2) is 0 Å². The Kier molecular flexibility index (Phi) is 5.74. The highest BCUT2D eigenvalue weighted by Crippen LogP contribution is 2.28. The molecule has 1 spiro atoms. The molecule has 1 atom stereocenters. The summed E-state index contributed by atoms with van der Waals surface area (Å²) in [6.07, 6.45) is 3.84. The van der Waals surface area contributed by atoms with Crippen LogP contribution in [0, 0.1) is 0 Å². The van der Waals surface area contributed by atoms with Crippen LogP contribution in [0.2, 0.25) is 0 Å². The van der Waals surface area contributed by atoms with Gasteiger partial charge in [-0.3, -0.25) is 9.59 Å². The molecule has 30 heavy (non-hydrogen) atoms. The zero-order valence-corrected chi connectivity index (χ0v) is 17.2. The van der Waals surface area contributed by atoms with Crippen LogP contribution in [-0.2, 0) is 16.5 Å². The Morgan fingerprint density at radius 2 is 1.80 bits per heavy atom. The molecule has 0 radical (unpaired) electrons. The van der Waals surface area contributed by atoms with Gasteiger partial charge in [0, 0.05) is 20.1 Å². The fourth-order valence-electron chi connectivity index (χ4n) is 3.93. The molecule has 2 amide bonds. The lowest BCUT2D eigenvalue weighted by atomic mass is 10.1. The average Bonchev–Trinajstić information content (AvgIpc) is 3.10. The molecule has 0 aliphatic carbocycles. The number of rotatable bonds is 3. The zero-order valence-electron chi connectivity index (χ0n) is 17.2. The predicted molar refractivity (Wildman–Crippen MR) is 107 cm³/mol. The van der Waals surface area contributed by atoms with Crippen LogP contribution in [0.5, 0.6) is 5.75 Å². The van der Waals surface area contributed by atoms with Crippen molar-refractivity contribution in [2.45, 2.75) is 12.2 Å². The normalized spacial score (nSPS) is 22.1. The molecule has 0 N–H and O–H groups in total. The molecule has 9 heteroatoms. The van der Waals surface area contributed by atoms with Crippen molar-refractivity contribution in [2.75, 3.05) is 46.5 Å². The van der Waals surface area contributed by atoms with Crippen LogP contribution in [0.25, 0.3) is 0 Å². The maximum Gasteiger partial charge on any atom is 0.272 e. The number of hydrogen-bond donors (Lipinski definition) is 0. The van der Waals surface area contributed by atoms with Crippen LogP contribution in [0.3, 0.4) is 0 Å². The fraction of sp³-hybridized carbons (Fsp3) is 0.476. The van der Waals surface area contributed by atoms with Gasteiger partial charge >= 0.3 is 0 Å². The third-order valence-electron chi connectivity index (χ3n) is 5.47. The first kappa shape index (κ1) is 20.4. The summed E-state index contributed by atoms with van der Waals surface area (Å²) in [7, 11) is 3.33. The fourth-order valence-corrected chi connectivity index (χ4v) is 3.93. The highest BCUT2D eigenvalue weighted by molar-refractivity contribution is 5.97. The van der Waals surface area contributed by atoms with Gasteiger partial charge in [-0.15, -0.1) is 0 Å². The number of benzene rings is 1. The van der Waals surface area contributed by atoms with Crippen molar-refractivity contribution >= 4 is 11.8 Å². The summed E-state index contributed by atoms with van der Waals surface area (Å²) in [5.74, 6) is -0.803. The van der Waals surface area contributed by atoms with E-state index >= 15 is 0 Å². The highest BCUT2D eigenvalue weighted by atomic mass is 16.7. The molecule has 3 heterocycles. The van der Waals surface area contributed by atoms with E-state index in [2.05, 4.69) is 4.98 Å². The monoisotopic (exact) mass is 414 g/mol. The van der Waals surface area contributed by atoms with Crippen LogP contribution in [-0.4, -0.2) is 83.5 Å². The Hall–Kier alpha value is -2.91. The van der Waals surface area contributed by atoms with Crippen molar-refractivity contribution < 1.29 is 23.8 Å². The number of morpholine rings is 1. The molecule has 2 aliphatic heterocycles. The maximum atomic E-state index is 13.2. The molecule has 0 saturated carbocycles. The van der Waals surface area contributed by atoms with Gasteiger partial charge in [-0.2, -0.15) is 0 Å². The third kappa shape index (κ3) is 3.90. The lowest BCUT2D eigenvalue weighted by Crippen LogP contribution is -2.59. The number of carbonyl (C=O) groups excluding carboxylic acids is 2. The van der Waals surface area contributed by atoms with E-state index in [1.54, 1.807) is 53.2 Å². The van der Waals surface area contributed by atoms with E-state index in [0.29, 0.717) is 49.7 Å². The van der Waals surface area contributed by atoms with Gasteiger partial charge in [0.05, 0.1) is 51.5 Å². The number of imidazole rings is 1. The second-order valence-corrected chi connectivity index (χ2v) is 7.50. The van der Waals surface area contributed by atoms with Gasteiger partial charge in [-0.05, 0) is 18.6 Å². The lowest BCUT2D eigenvalue weighted by molar-refractivity contribution is -0.258. The summed E-state index contributed by atoms with van der Waals surface area (Å²) < 4.78 is 19.1. The summed E-state index contributed by atoms with van der Waals surface area (Å²) >= 11 is 0. The average molecular weight is 414 g/mol. The van der Waals surface area contributed by atoms with Crippen LogP contribution < -0.4 is 4.74 Å². The number of hydrogen-bond acceptors (Lipinski definition) is 6. The molecule has 2 saturated heterocycles. The standard InChI is InChI=1S/C21H26N4O5/c1-23-15-22-12-17(23)20(27)24-8-5-10-29-21(13-24)14-25(9-11-30-21)19(26)16-6-3-4-7-18(16)28-2/h3-4,6-7,12,15H,5,8-11,13-14H2,1-2H3. The Balaban J connectivity index is 1.54. The minimum absolute atomic E-state index is 0.128. The van der Waals surface area contributed by atoms with Gasteiger partial charge < -0.3 is 28.6 Å². The van der Waals surface area contributed by atoms with E-state index in [1.807, 2.05) is 12.1 Å². The van der Waals surface area contributed by atoms with Gasteiger partial charge in [-0.25, -0.2) is 4.98 Å². The lowest BCUT2D eigenvalue weighted by Gasteiger charge is -2.43. The summed E-state index contributed by atoms with van der Waals surface area (Å²) in [5.41, 5.74) is 0.998. The van der Waals surface area contributed by atoms with Crippen molar-refractivity contribution in [2.24, 2.45) is 7.05 Å². The number of methoxy groups -OCH3 is 1. The Bertz CT molecular complexity index is 930. The number of ether oxygens (including phenoxy) is 3. The van der Waals surface area contributed by atoms with Gasteiger partial charge in [0.25, 0.3) is 11.8 Å². The van der Waals surface area contributed by atoms with Crippen LogP contribution in [0.15, 0.2) is 36.8 Å². The van der Waals surface area contributed by atoms with Crippen molar-refractivity contribution in [3.05, 3.63) is 48.0 Å². The minimum Gasteiger partial charge on any atom is -0.496 e. The summed E-state index contributed by atoms with van der Waals surface area (Å²) in [5, 5.41) is 0. The van der Waals surface area contributed by atoms with Gasteiger partial charge in [0.2, 0.25) is 5.79 Å². The molecule has 4 rings (SSSR count). The van der Waals surface area contributed by atoms with E-state index in [9.17, 15) is 9.59 Å². The molecule has 160 valence electrons. The Morgan fingerprint density at radius 3 is 2.53 bits per heavy atom. The largest absolute Gasteiger partial charge is 0.496 e. The molecule has 2 aliphatic rings. The molecule has 1 aromatic carbocycles. The number of para-hydroxylation sites is 1. The predicted octanol–water partition coefficient (Wildman–Crippen LogP) is 1.16. The van der Waals surface area contributed by atoms with E-state index in [4.69, 9.17) is 14.2 Å². The molecule has 2 fully saturated rings. The first-order valence-corrected chi connectivity index (χ1v) is 9.99. The van der Waals surface area contributed by atoms with Crippen LogP contribution in [0.1, 0.15) is 27.3 Å². The first-order chi connectivity index (χ1) is 14.5. The number of carbonyl (C=O) groups is 2. The Morgan fingerprint density at radius 1 is 1.07 bits per heavy atom. The third-order valence-corrected chi connectivity index (χ3v) is 5.47. The SMILES string of the molecule is COc1ccccc1C(=O)N1CCOC2(C1)CN(C(=O)c1cncn1C)CCCO2. The molecule has 0 bridgehead atoms. The molecule has 2 aromatic rings. The quantitative estimate of drug-likeness (QED) is 0.749. The maximum absolute atomic E-state index is 13.2. The van der Waals surface area contributed by atoms with Crippen molar-refractivity contribution in [1.82, 2.24) is 19.4 Å². The molecular weight excluding hydrogens is 388 g/mol. The number of aromatic nitrogens is 2. The number of aryl methyl sites for hydroxylation is 1. The zero-order chi connectivity index (χ0) is 21.1. The van der Waals surface area contributed by atoms with Crippen LogP contribution >= 0.6 is 0 Å². The summed E-state index contributed by atoms with van der Waals surface area (Å²) in [6, 6.07) is 7.14. The smallest absolute Gasteiger partial charge is 0.272 e. The van der Waals surface area contributed by atoms with Crippen molar-refractivity contribution in [3.63, 3.8) is 0 Å². The topological polar surface area (TPSA) is 86.1 Å². The number of amides is 2. The molecular formula is C21H26N4O5. The van der Waals surface area contributed by atoms with E-state index < -0.39 is 5.79 Å². The van der Waals surface area contributed by atoms with E-state index in [0.717, 1.165) is 0 Å². The van der Waals surface area contributed by atoms with Crippen molar-refractivity contribution in [1.29, 1.82) is 0 Å². The highest BCUT2D eigenvalue weighted by Gasteiger charge is 2.44. The summed E-state index contributed by atoms with van der Waals surface area (Å²) in [6.45, 7) is 2.25. The summed E-state index contributed by atoms with van der Waals surface area (Å²) in [4.78, 5) is 33.7. The van der Waals surface area contributed by atoms with Crippen LogP contribution in [0.4, 0.5) is 0 Å². The van der Waals surface area contributed by atoms with Gasteiger partial charge in [-0.1, -0.05) is 12.1 Å². The Labute approximate surface area is 175 Å². The molecule has 9 nitrogen and oxygen atoms in total. The molecule has 1 unspecified atom stereocenters. The second kappa shape index (κ2) is 8.45. The molecule has 1 aromatic heterocycles.